The number of carbonyl (C=O) groups is 2. The molecule has 8 heteroatoms. The molecule has 1 heterocycles. The highest BCUT2D eigenvalue weighted by Gasteiger charge is 2.29. The van der Waals surface area contributed by atoms with Crippen molar-refractivity contribution in [1.82, 2.24) is 10.2 Å². The third-order valence-electron chi connectivity index (χ3n) is 5.26. The predicted octanol–water partition coefficient (Wildman–Crippen LogP) is 3.23. The minimum absolute atomic E-state index is 0.0468. The van der Waals surface area contributed by atoms with E-state index in [-0.39, 0.29) is 23.5 Å². The highest BCUT2D eigenvalue weighted by molar-refractivity contribution is 6.31. The number of carbonyl (C=O) groups excluding carboxylic acids is 2. The van der Waals surface area contributed by atoms with Gasteiger partial charge in [-0.15, -0.1) is 0 Å². The van der Waals surface area contributed by atoms with E-state index in [1.807, 2.05) is 0 Å². The lowest BCUT2D eigenvalue weighted by Crippen LogP contribution is -2.43. The zero-order valence-electron chi connectivity index (χ0n) is 17.0. The molecule has 160 valence electrons. The molecule has 0 radical (unpaired) electrons. The van der Waals surface area contributed by atoms with Crippen molar-refractivity contribution >= 4 is 23.4 Å². The summed E-state index contributed by atoms with van der Waals surface area (Å²) in [5.41, 5.74) is 1.26. The van der Waals surface area contributed by atoms with E-state index in [9.17, 15) is 14.7 Å². The van der Waals surface area contributed by atoms with Crippen molar-refractivity contribution in [3.05, 3.63) is 52.5 Å². The maximum absolute atomic E-state index is 12.9. The first-order chi connectivity index (χ1) is 14.4. The second-order valence-electron chi connectivity index (χ2n) is 7.14. The number of rotatable bonds is 6. The Morgan fingerprint density at radius 3 is 2.47 bits per heavy atom. The maximum atomic E-state index is 12.9. The summed E-state index contributed by atoms with van der Waals surface area (Å²) in [5, 5.41) is 13.1. The van der Waals surface area contributed by atoms with Crippen molar-refractivity contribution in [2.45, 2.75) is 19.4 Å². The summed E-state index contributed by atoms with van der Waals surface area (Å²) >= 11 is 6.03. The zero-order chi connectivity index (χ0) is 21.7. The Balaban J connectivity index is 1.54. The molecule has 3 rings (SSSR count). The van der Waals surface area contributed by atoms with Crippen LogP contribution in [0.1, 0.15) is 28.8 Å². The van der Waals surface area contributed by atoms with Gasteiger partial charge in [0.05, 0.1) is 19.8 Å². The first-order valence-electron chi connectivity index (χ1n) is 9.69. The van der Waals surface area contributed by atoms with E-state index in [1.165, 1.54) is 20.3 Å². The van der Waals surface area contributed by atoms with E-state index in [0.717, 1.165) is 5.56 Å². The van der Waals surface area contributed by atoms with Crippen LogP contribution in [-0.4, -0.2) is 49.1 Å². The van der Waals surface area contributed by atoms with E-state index < -0.39 is 0 Å². The van der Waals surface area contributed by atoms with Crippen LogP contribution in [0, 0.1) is 5.92 Å². The lowest BCUT2D eigenvalue weighted by molar-refractivity contribution is -0.126. The van der Waals surface area contributed by atoms with E-state index in [4.69, 9.17) is 21.1 Å². The Bertz CT molecular complexity index is 926. The summed E-state index contributed by atoms with van der Waals surface area (Å²) < 4.78 is 10.4. The summed E-state index contributed by atoms with van der Waals surface area (Å²) in [5.74, 6) is 0.549. The van der Waals surface area contributed by atoms with Crippen LogP contribution in [0.4, 0.5) is 0 Å². The van der Waals surface area contributed by atoms with Gasteiger partial charge in [-0.3, -0.25) is 9.59 Å². The van der Waals surface area contributed by atoms with Gasteiger partial charge in [0.1, 0.15) is 5.75 Å². The fourth-order valence-corrected chi connectivity index (χ4v) is 3.70. The SMILES string of the molecule is COc1cc(CNC(=O)C2CCN(C(=O)c3cc(Cl)ccc3OC)CC2)ccc1O. The number of hydrogen-bond acceptors (Lipinski definition) is 5. The summed E-state index contributed by atoms with van der Waals surface area (Å²) in [7, 11) is 2.99. The first kappa shape index (κ1) is 21.8. The fraction of sp³-hybridized carbons (Fsp3) is 0.364. The van der Waals surface area contributed by atoms with Crippen molar-refractivity contribution in [2.75, 3.05) is 27.3 Å². The summed E-state index contributed by atoms with van der Waals surface area (Å²) in [6.45, 7) is 1.31. The molecule has 2 aromatic carbocycles. The number of halogens is 1. The zero-order valence-corrected chi connectivity index (χ0v) is 17.7. The number of likely N-dealkylation sites (tertiary alicyclic amines) is 1. The van der Waals surface area contributed by atoms with Crippen LogP contribution in [0.5, 0.6) is 17.2 Å². The Morgan fingerprint density at radius 1 is 1.10 bits per heavy atom. The van der Waals surface area contributed by atoms with Gasteiger partial charge in [-0.1, -0.05) is 17.7 Å². The van der Waals surface area contributed by atoms with E-state index in [0.29, 0.717) is 54.6 Å². The van der Waals surface area contributed by atoms with Crippen LogP contribution in [0.15, 0.2) is 36.4 Å². The van der Waals surface area contributed by atoms with Gasteiger partial charge in [0.2, 0.25) is 5.91 Å². The number of hydrogen-bond donors (Lipinski definition) is 2. The number of nitrogens with zero attached hydrogens (tertiary/aromatic N) is 1. The van der Waals surface area contributed by atoms with Crippen LogP contribution >= 0.6 is 11.6 Å². The average Bonchev–Trinajstić information content (AvgIpc) is 2.77. The van der Waals surface area contributed by atoms with Crippen molar-refractivity contribution in [2.24, 2.45) is 5.92 Å². The van der Waals surface area contributed by atoms with Crippen LogP contribution in [-0.2, 0) is 11.3 Å². The van der Waals surface area contributed by atoms with Gasteiger partial charge in [-0.25, -0.2) is 0 Å². The molecule has 0 aromatic heterocycles. The van der Waals surface area contributed by atoms with Crippen molar-refractivity contribution in [1.29, 1.82) is 0 Å². The third-order valence-corrected chi connectivity index (χ3v) is 5.49. The van der Waals surface area contributed by atoms with Crippen molar-refractivity contribution in [3.8, 4) is 17.2 Å². The predicted molar refractivity (Wildman–Crippen MR) is 113 cm³/mol. The van der Waals surface area contributed by atoms with Crippen LogP contribution in [0.3, 0.4) is 0 Å². The number of nitrogens with one attached hydrogen (secondary N) is 1. The normalized spacial score (nSPS) is 14.3. The monoisotopic (exact) mass is 432 g/mol. The molecule has 0 spiro atoms. The highest BCUT2D eigenvalue weighted by atomic mass is 35.5. The smallest absolute Gasteiger partial charge is 0.257 e. The van der Waals surface area contributed by atoms with Crippen LogP contribution < -0.4 is 14.8 Å². The highest BCUT2D eigenvalue weighted by Crippen LogP contribution is 2.28. The first-order valence-corrected chi connectivity index (χ1v) is 10.1. The number of phenolic OH excluding ortho intramolecular Hbond substituents is 1. The summed E-state index contributed by atoms with van der Waals surface area (Å²) in [6, 6.07) is 9.92. The number of methoxy groups -OCH3 is 2. The molecule has 2 aromatic rings. The fourth-order valence-electron chi connectivity index (χ4n) is 3.53. The molecular formula is C22H25ClN2O5. The minimum Gasteiger partial charge on any atom is -0.504 e. The number of amides is 2. The van der Waals surface area contributed by atoms with Gasteiger partial charge < -0.3 is 24.8 Å². The van der Waals surface area contributed by atoms with Gasteiger partial charge in [-0.2, -0.15) is 0 Å². The molecule has 0 atom stereocenters. The quantitative estimate of drug-likeness (QED) is 0.731. The van der Waals surface area contributed by atoms with E-state index >= 15 is 0 Å². The molecule has 0 aliphatic carbocycles. The standard InChI is InChI=1S/C22H25ClN2O5/c1-29-19-6-4-16(23)12-17(19)22(28)25-9-7-15(8-10-25)21(27)24-13-14-3-5-18(26)20(11-14)30-2/h3-6,11-12,15,26H,7-10,13H2,1-2H3,(H,24,27). The summed E-state index contributed by atoms with van der Waals surface area (Å²) in [4.78, 5) is 27.1. The van der Waals surface area contributed by atoms with Gasteiger partial charge >= 0.3 is 0 Å². The van der Waals surface area contributed by atoms with E-state index in [1.54, 1.807) is 35.2 Å². The van der Waals surface area contributed by atoms with Gasteiger partial charge in [0.15, 0.2) is 11.5 Å². The second kappa shape index (κ2) is 9.71. The molecule has 1 aliphatic rings. The molecule has 7 nitrogen and oxygen atoms in total. The molecule has 0 bridgehead atoms. The van der Waals surface area contributed by atoms with Crippen LogP contribution in [0.25, 0.3) is 0 Å². The van der Waals surface area contributed by atoms with Gasteiger partial charge in [0.25, 0.3) is 5.91 Å². The maximum Gasteiger partial charge on any atom is 0.257 e. The Hall–Kier alpha value is -2.93. The minimum atomic E-state index is -0.158. The Labute approximate surface area is 180 Å². The number of aromatic hydroxyl groups is 1. The van der Waals surface area contributed by atoms with Crippen LogP contribution in [0.2, 0.25) is 5.02 Å². The molecule has 0 unspecified atom stereocenters. The molecule has 1 fully saturated rings. The number of ether oxygens (including phenoxy) is 2. The molecule has 30 heavy (non-hydrogen) atoms. The average molecular weight is 433 g/mol. The molecule has 1 aliphatic heterocycles. The number of benzene rings is 2. The second-order valence-corrected chi connectivity index (χ2v) is 7.57. The third kappa shape index (κ3) is 4.97. The van der Waals surface area contributed by atoms with E-state index in [2.05, 4.69) is 5.32 Å². The Morgan fingerprint density at radius 2 is 1.80 bits per heavy atom. The van der Waals surface area contributed by atoms with Crippen molar-refractivity contribution in [3.63, 3.8) is 0 Å². The van der Waals surface area contributed by atoms with Gasteiger partial charge in [-0.05, 0) is 48.7 Å². The molecule has 0 saturated carbocycles. The Kier molecular flexibility index (Phi) is 7.05. The molecule has 2 N–H and O–H groups in total. The largest absolute Gasteiger partial charge is 0.504 e. The lowest BCUT2D eigenvalue weighted by Gasteiger charge is -2.31. The lowest BCUT2D eigenvalue weighted by atomic mass is 9.95. The summed E-state index contributed by atoms with van der Waals surface area (Å²) in [6.07, 6.45) is 1.17. The van der Waals surface area contributed by atoms with Gasteiger partial charge in [0, 0.05) is 30.6 Å². The molecule has 1 saturated heterocycles. The number of phenols is 1. The topological polar surface area (TPSA) is 88.1 Å². The van der Waals surface area contributed by atoms with Crippen molar-refractivity contribution < 1.29 is 24.2 Å². The molecule has 2 amide bonds. The number of piperidine rings is 1. The molecular weight excluding hydrogens is 408 g/mol.